The minimum absolute atomic E-state index is 0.0653. The lowest BCUT2D eigenvalue weighted by Gasteiger charge is -2.13. The summed E-state index contributed by atoms with van der Waals surface area (Å²) < 4.78 is 45.4. The first kappa shape index (κ1) is 15.6. The van der Waals surface area contributed by atoms with Gasteiger partial charge >= 0.3 is 0 Å². The number of hydrogen-bond donors (Lipinski definition) is 1. The number of sulfonamides is 1. The third kappa shape index (κ3) is 3.46. The van der Waals surface area contributed by atoms with E-state index in [0.717, 1.165) is 12.1 Å². The topological polar surface area (TPSA) is 55.4 Å². The second kappa shape index (κ2) is 5.91. The molecule has 0 bridgehead atoms. The van der Waals surface area contributed by atoms with Crippen LogP contribution in [0.4, 0.5) is 10.1 Å². The van der Waals surface area contributed by atoms with Gasteiger partial charge in [0, 0.05) is 5.02 Å². The van der Waals surface area contributed by atoms with E-state index in [4.69, 9.17) is 16.3 Å². The second-order valence-corrected chi connectivity index (χ2v) is 6.45. The van der Waals surface area contributed by atoms with Crippen molar-refractivity contribution in [1.29, 1.82) is 0 Å². The Morgan fingerprint density at radius 3 is 2.52 bits per heavy atom. The van der Waals surface area contributed by atoms with Crippen LogP contribution in [0.3, 0.4) is 0 Å². The van der Waals surface area contributed by atoms with Gasteiger partial charge in [0.15, 0.2) is 0 Å². The van der Waals surface area contributed by atoms with Crippen molar-refractivity contribution < 1.29 is 17.5 Å². The standard InChI is InChI=1S/C14H13ClFNO3S/c1-9-7-10(15)3-5-12(9)17-21(18,19)14-8-11(16)4-6-13(14)20-2/h3-8,17H,1-2H3. The maximum Gasteiger partial charge on any atom is 0.265 e. The fourth-order valence-electron chi connectivity index (χ4n) is 1.80. The van der Waals surface area contributed by atoms with Crippen LogP contribution in [0.15, 0.2) is 41.3 Å². The fourth-order valence-corrected chi connectivity index (χ4v) is 3.34. The molecule has 0 unspecified atom stereocenters. The van der Waals surface area contributed by atoms with Crippen molar-refractivity contribution in [1.82, 2.24) is 0 Å². The molecule has 0 spiro atoms. The van der Waals surface area contributed by atoms with Crippen LogP contribution in [0.25, 0.3) is 0 Å². The molecule has 0 saturated carbocycles. The predicted molar refractivity (Wildman–Crippen MR) is 79.9 cm³/mol. The SMILES string of the molecule is COc1ccc(F)cc1S(=O)(=O)Nc1ccc(Cl)cc1C. The van der Waals surface area contributed by atoms with Crippen LogP contribution in [-0.2, 0) is 10.0 Å². The van der Waals surface area contributed by atoms with E-state index >= 15 is 0 Å². The molecular formula is C14H13ClFNO3S. The highest BCUT2D eigenvalue weighted by molar-refractivity contribution is 7.92. The first-order valence-electron chi connectivity index (χ1n) is 5.96. The molecule has 2 aromatic rings. The average Bonchev–Trinajstić information content (AvgIpc) is 2.42. The first-order chi connectivity index (χ1) is 9.83. The number of halogens is 2. The van der Waals surface area contributed by atoms with Crippen LogP contribution in [0, 0.1) is 12.7 Å². The van der Waals surface area contributed by atoms with E-state index in [2.05, 4.69) is 4.72 Å². The number of rotatable bonds is 4. The summed E-state index contributed by atoms with van der Waals surface area (Å²) in [4.78, 5) is -0.264. The minimum Gasteiger partial charge on any atom is -0.495 e. The summed E-state index contributed by atoms with van der Waals surface area (Å²) in [5.41, 5.74) is 1.02. The maximum absolute atomic E-state index is 13.3. The highest BCUT2D eigenvalue weighted by atomic mass is 35.5. The molecule has 0 amide bonds. The van der Waals surface area contributed by atoms with Gasteiger partial charge in [0.25, 0.3) is 10.0 Å². The molecule has 0 aliphatic heterocycles. The first-order valence-corrected chi connectivity index (χ1v) is 7.82. The molecule has 2 rings (SSSR count). The smallest absolute Gasteiger partial charge is 0.265 e. The predicted octanol–water partition coefficient (Wildman–Crippen LogP) is 3.60. The zero-order chi connectivity index (χ0) is 15.6. The Bertz CT molecular complexity index is 778. The molecule has 0 atom stereocenters. The highest BCUT2D eigenvalue weighted by Gasteiger charge is 2.21. The summed E-state index contributed by atoms with van der Waals surface area (Å²) in [6.45, 7) is 1.71. The molecule has 0 radical (unpaired) electrons. The van der Waals surface area contributed by atoms with Crippen LogP contribution < -0.4 is 9.46 Å². The highest BCUT2D eigenvalue weighted by Crippen LogP contribution is 2.28. The van der Waals surface area contributed by atoms with E-state index in [1.165, 1.54) is 13.2 Å². The van der Waals surface area contributed by atoms with Gasteiger partial charge in [0.2, 0.25) is 0 Å². The number of benzene rings is 2. The summed E-state index contributed by atoms with van der Waals surface area (Å²) in [6, 6.07) is 8.04. The molecule has 1 N–H and O–H groups in total. The molecule has 0 heterocycles. The molecule has 0 saturated heterocycles. The molecule has 0 aliphatic rings. The van der Waals surface area contributed by atoms with Crippen molar-refractivity contribution in [2.24, 2.45) is 0 Å². The fraction of sp³-hybridized carbons (Fsp3) is 0.143. The van der Waals surface area contributed by atoms with Crippen molar-refractivity contribution in [3.63, 3.8) is 0 Å². The van der Waals surface area contributed by atoms with Gasteiger partial charge in [-0.3, -0.25) is 4.72 Å². The molecule has 0 aromatic heterocycles. The Morgan fingerprint density at radius 2 is 1.90 bits per heavy atom. The summed E-state index contributed by atoms with van der Waals surface area (Å²) in [5, 5.41) is 0.499. The van der Waals surface area contributed by atoms with Gasteiger partial charge in [-0.05, 0) is 48.9 Å². The number of methoxy groups -OCH3 is 1. The Morgan fingerprint density at radius 1 is 1.19 bits per heavy atom. The quantitative estimate of drug-likeness (QED) is 0.932. The number of anilines is 1. The third-order valence-corrected chi connectivity index (χ3v) is 4.47. The largest absolute Gasteiger partial charge is 0.495 e. The van der Waals surface area contributed by atoms with Gasteiger partial charge in [0.1, 0.15) is 16.5 Å². The second-order valence-electron chi connectivity index (χ2n) is 4.36. The lowest BCUT2D eigenvalue weighted by atomic mass is 10.2. The number of ether oxygens (including phenoxy) is 1. The van der Waals surface area contributed by atoms with Crippen molar-refractivity contribution in [3.05, 3.63) is 52.8 Å². The summed E-state index contributed by atoms with van der Waals surface area (Å²) in [7, 11) is -2.65. The Kier molecular flexibility index (Phi) is 4.39. The van der Waals surface area contributed by atoms with Gasteiger partial charge in [-0.2, -0.15) is 0 Å². The van der Waals surface area contributed by atoms with Gasteiger partial charge < -0.3 is 4.74 Å². The van der Waals surface area contributed by atoms with Crippen LogP contribution in [0.1, 0.15) is 5.56 Å². The molecule has 0 fully saturated rings. The van der Waals surface area contributed by atoms with Crippen molar-refractivity contribution in [2.75, 3.05) is 11.8 Å². The van der Waals surface area contributed by atoms with Crippen LogP contribution in [0.2, 0.25) is 5.02 Å². The Balaban J connectivity index is 2.45. The van der Waals surface area contributed by atoms with Crippen LogP contribution >= 0.6 is 11.6 Å². The van der Waals surface area contributed by atoms with E-state index < -0.39 is 15.8 Å². The van der Waals surface area contributed by atoms with E-state index in [9.17, 15) is 12.8 Å². The Hall–Kier alpha value is -1.79. The number of hydrogen-bond acceptors (Lipinski definition) is 3. The summed E-state index contributed by atoms with van der Waals surface area (Å²) in [6.07, 6.45) is 0. The Labute approximate surface area is 127 Å². The van der Waals surface area contributed by atoms with Crippen LogP contribution in [-0.4, -0.2) is 15.5 Å². The van der Waals surface area contributed by atoms with Crippen molar-refractivity contribution in [2.45, 2.75) is 11.8 Å². The monoisotopic (exact) mass is 329 g/mol. The van der Waals surface area contributed by atoms with Gasteiger partial charge in [-0.25, -0.2) is 12.8 Å². The lowest BCUT2D eigenvalue weighted by Crippen LogP contribution is -2.15. The molecule has 2 aromatic carbocycles. The van der Waals surface area contributed by atoms with E-state index in [1.807, 2.05) is 0 Å². The number of aryl methyl sites for hydroxylation is 1. The maximum atomic E-state index is 13.3. The van der Waals surface area contributed by atoms with E-state index in [0.29, 0.717) is 16.3 Å². The van der Waals surface area contributed by atoms with Crippen LogP contribution in [0.5, 0.6) is 5.75 Å². The minimum atomic E-state index is -3.97. The van der Waals surface area contributed by atoms with Crippen molar-refractivity contribution in [3.8, 4) is 5.75 Å². The summed E-state index contributed by atoms with van der Waals surface area (Å²) >= 11 is 5.83. The molecule has 4 nitrogen and oxygen atoms in total. The molecule has 112 valence electrons. The number of nitrogens with one attached hydrogen (secondary N) is 1. The molecular weight excluding hydrogens is 317 g/mol. The van der Waals surface area contributed by atoms with E-state index in [-0.39, 0.29) is 10.6 Å². The van der Waals surface area contributed by atoms with Gasteiger partial charge in [-0.15, -0.1) is 0 Å². The van der Waals surface area contributed by atoms with Crippen molar-refractivity contribution >= 4 is 27.3 Å². The third-order valence-electron chi connectivity index (χ3n) is 2.85. The molecule has 7 heteroatoms. The summed E-state index contributed by atoms with van der Waals surface area (Å²) in [5.74, 6) is -0.598. The molecule has 0 aliphatic carbocycles. The zero-order valence-electron chi connectivity index (χ0n) is 11.4. The van der Waals surface area contributed by atoms with Gasteiger partial charge in [0.05, 0.1) is 12.8 Å². The average molecular weight is 330 g/mol. The van der Waals surface area contributed by atoms with E-state index in [1.54, 1.807) is 25.1 Å². The zero-order valence-corrected chi connectivity index (χ0v) is 12.9. The normalized spacial score (nSPS) is 11.2. The lowest BCUT2D eigenvalue weighted by molar-refractivity contribution is 0.401. The van der Waals surface area contributed by atoms with Gasteiger partial charge in [-0.1, -0.05) is 11.6 Å². The molecule has 21 heavy (non-hydrogen) atoms.